The summed E-state index contributed by atoms with van der Waals surface area (Å²) in [6.07, 6.45) is 3.94. The quantitative estimate of drug-likeness (QED) is 0.614. The smallest absolute Gasteiger partial charge is 0.256 e. The number of ether oxygens (including phenoxy) is 2. The highest BCUT2D eigenvalue weighted by atomic mass is 19.1. The van der Waals surface area contributed by atoms with Gasteiger partial charge in [-0.15, -0.1) is 0 Å². The lowest BCUT2D eigenvalue weighted by atomic mass is 10.2. The van der Waals surface area contributed by atoms with Gasteiger partial charge >= 0.3 is 0 Å². The Labute approximate surface area is 165 Å². The van der Waals surface area contributed by atoms with Crippen LogP contribution in [0.25, 0.3) is 5.65 Å². The number of aromatic nitrogens is 4. The van der Waals surface area contributed by atoms with Crippen LogP contribution in [0.2, 0.25) is 0 Å². The van der Waals surface area contributed by atoms with Crippen molar-refractivity contribution in [3.05, 3.63) is 41.6 Å². The number of hydrogen-bond acceptors (Lipinski definition) is 7. The topological polar surface area (TPSA) is 93.9 Å². The predicted molar refractivity (Wildman–Crippen MR) is 101 cm³/mol. The zero-order valence-electron chi connectivity index (χ0n) is 15.9. The van der Waals surface area contributed by atoms with Crippen molar-refractivity contribution in [3.63, 3.8) is 0 Å². The Hall–Kier alpha value is -3.43. The van der Waals surface area contributed by atoms with E-state index in [9.17, 15) is 9.18 Å². The number of hydrogen-bond donors (Lipinski definition) is 1. The summed E-state index contributed by atoms with van der Waals surface area (Å²) in [7, 11) is 0. The van der Waals surface area contributed by atoms with Crippen molar-refractivity contribution in [1.82, 2.24) is 24.9 Å². The highest BCUT2D eigenvalue weighted by Gasteiger charge is 2.30. The molecule has 0 radical (unpaired) electrons. The maximum atomic E-state index is 14.0. The van der Waals surface area contributed by atoms with Gasteiger partial charge in [-0.2, -0.15) is 5.10 Å². The normalized spacial score (nSPS) is 21.3. The minimum absolute atomic E-state index is 0.0312. The van der Waals surface area contributed by atoms with E-state index in [-0.39, 0.29) is 24.6 Å². The van der Waals surface area contributed by atoms with Gasteiger partial charge in [-0.3, -0.25) is 4.79 Å². The van der Waals surface area contributed by atoms with Crippen LogP contribution < -0.4 is 19.7 Å². The number of rotatable bonds is 0. The number of nitrogens with one attached hydrogen (secondary N) is 1. The first-order valence-electron chi connectivity index (χ1n) is 9.36. The molecule has 3 aromatic heterocycles. The Morgan fingerprint density at radius 3 is 3.03 bits per heavy atom. The van der Waals surface area contributed by atoms with Crippen LogP contribution in [0.1, 0.15) is 29.8 Å². The van der Waals surface area contributed by atoms with Crippen molar-refractivity contribution in [1.29, 1.82) is 0 Å². The van der Waals surface area contributed by atoms with Crippen LogP contribution in [-0.2, 0) is 6.54 Å². The molecule has 0 fully saturated rings. The first-order chi connectivity index (χ1) is 14.0. The van der Waals surface area contributed by atoms with Gasteiger partial charge < -0.3 is 19.7 Å². The second-order valence-electron chi connectivity index (χ2n) is 7.30. The summed E-state index contributed by atoms with van der Waals surface area (Å²) in [6, 6.07) is 1.38. The molecule has 2 aliphatic rings. The van der Waals surface area contributed by atoms with Crippen molar-refractivity contribution in [2.75, 3.05) is 18.1 Å². The fraction of sp³-hybridized carbons (Fsp3) is 0.368. The highest BCUT2D eigenvalue weighted by molar-refractivity contribution is 5.99. The molecule has 3 aromatic rings. The molecule has 0 spiro atoms. The lowest BCUT2D eigenvalue weighted by Crippen LogP contribution is -2.41. The van der Waals surface area contributed by atoms with Gasteiger partial charge in [-0.05, 0) is 19.9 Å². The molecule has 0 aliphatic carbocycles. The standard InChI is InChI=1S/C19H19FN6O3/c1-10-9-28-15-8-26-16-14(6-23-26)18(27)21-4-11(2)29-19-12(3-13(20)5-22-19)7-25(10)17(15)24-16/h3,5-6,8,10-11H,4,7,9H2,1-2H3,(H,21,27)/t10-,11+/m1/s1. The van der Waals surface area contributed by atoms with Crippen molar-refractivity contribution in [2.24, 2.45) is 0 Å². The average molecular weight is 398 g/mol. The number of pyridine rings is 1. The van der Waals surface area contributed by atoms with E-state index in [1.165, 1.54) is 16.8 Å². The number of nitrogens with zero attached hydrogens (tertiary/aromatic N) is 5. The molecule has 2 bridgehead atoms. The third-order valence-corrected chi connectivity index (χ3v) is 5.07. The largest absolute Gasteiger partial charge is 0.486 e. The molecule has 150 valence electrons. The average Bonchev–Trinajstić information content (AvgIpc) is 3.11. The summed E-state index contributed by atoms with van der Waals surface area (Å²) < 4.78 is 27.2. The molecule has 9 nitrogen and oxygen atoms in total. The van der Waals surface area contributed by atoms with Gasteiger partial charge in [-0.25, -0.2) is 18.9 Å². The maximum Gasteiger partial charge on any atom is 0.256 e. The van der Waals surface area contributed by atoms with Gasteiger partial charge in [0.1, 0.15) is 24.1 Å². The second-order valence-corrected chi connectivity index (χ2v) is 7.30. The lowest BCUT2D eigenvalue weighted by molar-refractivity contribution is 0.0932. The molecule has 1 amide bonds. The van der Waals surface area contributed by atoms with E-state index < -0.39 is 5.82 Å². The van der Waals surface area contributed by atoms with Crippen LogP contribution in [0.5, 0.6) is 11.6 Å². The van der Waals surface area contributed by atoms with Crippen molar-refractivity contribution in [2.45, 2.75) is 32.5 Å². The highest BCUT2D eigenvalue weighted by Crippen LogP contribution is 2.35. The molecule has 0 saturated heterocycles. The zero-order chi connectivity index (χ0) is 20.1. The number of fused-ring (bicyclic) bond motifs is 1. The van der Waals surface area contributed by atoms with Gasteiger partial charge in [0.15, 0.2) is 17.2 Å². The summed E-state index contributed by atoms with van der Waals surface area (Å²) in [5.74, 6) is 0.691. The van der Waals surface area contributed by atoms with Crippen LogP contribution in [0, 0.1) is 5.82 Å². The molecule has 5 heterocycles. The predicted octanol–water partition coefficient (Wildman–Crippen LogP) is 1.56. The third kappa shape index (κ3) is 3.00. The van der Waals surface area contributed by atoms with Crippen LogP contribution in [0.3, 0.4) is 0 Å². The second kappa shape index (κ2) is 6.57. The Morgan fingerprint density at radius 2 is 2.17 bits per heavy atom. The van der Waals surface area contributed by atoms with Crippen molar-refractivity contribution >= 4 is 17.4 Å². The van der Waals surface area contributed by atoms with Gasteiger partial charge in [0.05, 0.1) is 37.7 Å². The first kappa shape index (κ1) is 17.7. The monoisotopic (exact) mass is 398 g/mol. The van der Waals surface area contributed by atoms with E-state index in [4.69, 9.17) is 9.47 Å². The SMILES string of the molecule is C[C@@H]1COc2cn3ncc4c3nc2N1Cc1cc(F)cnc1O[C@@H](C)CNC4=O. The molecule has 0 saturated carbocycles. The van der Waals surface area contributed by atoms with E-state index in [0.29, 0.717) is 47.4 Å². The number of anilines is 1. The molecule has 2 atom stereocenters. The lowest BCUT2D eigenvalue weighted by Gasteiger charge is -2.35. The van der Waals surface area contributed by atoms with Crippen LogP contribution >= 0.6 is 0 Å². The number of carbonyl (C=O) groups is 1. The molecule has 0 unspecified atom stereocenters. The van der Waals surface area contributed by atoms with Crippen molar-refractivity contribution < 1.29 is 18.7 Å². The summed E-state index contributed by atoms with van der Waals surface area (Å²) in [5.41, 5.74) is 1.38. The van der Waals surface area contributed by atoms with Gasteiger partial charge in [0.25, 0.3) is 5.91 Å². The van der Waals surface area contributed by atoms with E-state index in [2.05, 4.69) is 20.4 Å². The summed E-state index contributed by atoms with van der Waals surface area (Å²) in [6.45, 7) is 4.83. The van der Waals surface area contributed by atoms with Gasteiger partial charge in [0.2, 0.25) is 5.88 Å². The Morgan fingerprint density at radius 1 is 1.31 bits per heavy atom. The Kier molecular flexibility index (Phi) is 4.00. The molecule has 2 aliphatic heterocycles. The number of carbonyl (C=O) groups excluding carboxylic acids is 1. The van der Waals surface area contributed by atoms with Crippen LogP contribution in [0.4, 0.5) is 10.2 Å². The zero-order valence-corrected chi connectivity index (χ0v) is 15.9. The van der Waals surface area contributed by atoms with Crippen LogP contribution in [0.15, 0.2) is 24.7 Å². The van der Waals surface area contributed by atoms with E-state index in [0.717, 1.165) is 6.20 Å². The maximum absolute atomic E-state index is 14.0. The third-order valence-electron chi connectivity index (χ3n) is 5.07. The Bertz CT molecular complexity index is 1120. The minimum Gasteiger partial charge on any atom is -0.486 e. The molecule has 0 aromatic carbocycles. The summed E-state index contributed by atoms with van der Waals surface area (Å²) in [5, 5.41) is 7.06. The molecular formula is C19H19FN6O3. The molecule has 1 N–H and O–H groups in total. The Balaban J connectivity index is 1.70. The number of amides is 1. The fourth-order valence-corrected chi connectivity index (χ4v) is 3.53. The number of halogens is 1. The summed E-state index contributed by atoms with van der Waals surface area (Å²) in [4.78, 5) is 23.5. The molecular weight excluding hydrogens is 379 g/mol. The molecule has 29 heavy (non-hydrogen) atoms. The molecule has 10 heteroatoms. The fourth-order valence-electron chi connectivity index (χ4n) is 3.53. The van der Waals surface area contributed by atoms with Gasteiger partial charge in [-0.1, -0.05) is 0 Å². The minimum atomic E-state index is -0.444. The summed E-state index contributed by atoms with van der Waals surface area (Å²) >= 11 is 0. The van der Waals surface area contributed by atoms with Gasteiger partial charge in [0, 0.05) is 5.56 Å². The molecule has 5 rings (SSSR count). The first-order valence-corrected chi connectivity index (χ1v) is 9.36. The van der Waals surface area contributed by atoms with Crippen molar-refractivity contribution in [3.8, 4) is 11.6 Å². The van der Waals surface area contributed by atoms with E-state index in [1.807, 2.05) is 18.7 Å². The van der Waals surface area contributed by atoms with Crippen LogP contribution in [-0.4, -0.2) is 50.8 Å². The van der Waals surface area contributed by atoms with E-state index >= 15 is 0 Å². The van der Waals surface area contributed by atoms with E-state index in [1.54, 1.807) is 6.20 Å².